The van der Waals surface area contributed by atoms with Gasteiger partial charge >= 0.3 is 0 Å². The molecule has 0 saturated heterocycles. The third-order valence-electron chi connectivity index (χ3n) is 3.09. The Morgan fingerprint density at radius 2 is 1.95 bits per heavy atom. The molecular weight excluding hydrogens is 266 g/mol. The van der Waals surface area contributed by atoms with Crippen molar-refractivity contribution < 1.29 is 9.53 Å². The van der Waals surface area contributed by atoms with Gasteiger partial charge in [0.25, 0.3) is 5.91 Å². The van der Waals surface area contributed by atoms with Crippen LogP contribution >= 0.6 is 0 Å². The van der Waals surface area contributed by atoms with Crippen molar-refractivity contribution in [3.63, 3.8) is 0 Å². The normalized spacial score (nSPS) is 10.3. The fraction of sp³-hybridized carbons (Fsp3) is 0.0625. The molecule has 1 amide bonds. The molecule has 0 aliphatic carbocycles. The number of rotatable bonds is 3. The van der Waals surface area contributed by atoms with Gasteiger partial charge in [-0.2, -0.15) is 0 Å². The Kier molecular flexibility index (Phi) is 3.47. The zero-order chi connectivity index (χ0) is 14.7. The molecule has 5 heteroatoms. The number of methoxy groups -OCH3 is 1. The molecule has 104 valence electrons. The van der Waals surface area contributed by atoms with Crippen molar-refractivity contribution in [3.8, 4) is 5.75 Å². The molecule has 0 unspecified atom stereocenters. The summed E-state index contributed by atoms with van der Waals surface area (Å²) >= 11 is 0. The van der Waals surface area contributed by atoms with Crippen molar-refractivity contribution in [2.75, 3.05) is 12.4 Å². The van der Waals surface area contributed by atoms with Crippen molar-refractivity contribution >= 4 is 22.5 Å². The minimum Gasteiger partial charge on any atom is -0.495 e. The number of fused-ring (bicyclic) bond motifs is 1. The maximum Gasteiger partial charge on any atom is 0.274 e. The number of amides is 1. The van der Waals surface area contributed by atoms with Crippen molar-refractivity contribution in [2.45, 2.75) is 0 Å². The summed E-state index contributed by atoms with van der Waals surface area (Å²) in [5, 5.41) is 3.80. The molecule has 1 N–H and O–H groups in total. The molecule has 0 fully saturated rings. The van der Waals surface area contributed by atoms with Crippen LogP contribution in [0.4, 0.5) is 5.69 Å². The van der Waals surface area contributed by atoms with Gasteiger partial charge in [0.1, 0.15) is 11.4 Å². The minimum absolute atomic E-state index is 0.282. The van der Waals surface area contributed by atoms with Crippen LogP contribution in [0.5, 0.6) is 5.75 Å². The lowest BCUT2D eigenvalue weighted by atomic mass is 10.2. The number of hydrogen-bond acceptors (Lipinski definition) is 4. The molecule has 5 nitrogen and oxygen atoms in total. The Morgan fingerprint density at radius 3 is 2.71 bits per heavy atom. The van der Waals surface area contributed by atoms with Crippen molar-refractivity contribution in [1.29, 1.82) is 0 Å². The quantitative estimate of drug-likeness (QED) is 0.800. The van der Waals surface area contributed by atoms with Gasteiger partial charge in [0.2, 0.25) is 0 Å². The first-order valence-corrected chi connectivity index (χ1v) is 6.43. The van der Waals surface area contributed by atoms with E-state index in [1.54, 1.807) is 25.4 Å². The average molecular weight is 279 g/mol. The van der Waals surface area contributed by atoms with E-state index in [1.165, 1.54) is 6.20 Å². The molecule has 0 bridgehead atoms. The summed E-state index contributed by atoms with van der Waals surface area (Å²) in [6, 6.07) is 12.8. The highest BCUT2D eigenvalue weighted by molar-refractivity contribution is 6.07. The summed E-state index contributed by atoms with van der Waals surface area (Å²) in [7, 11) is 1.55. The van der Waals surface area contributed by atoms with E-state index in [4.69, 9.17) is 4.74 Å². The van der Waals surface area contributed by atoms with E-state index in [2.05, 4.69) is 15.3 Å². The van der Waals surface area contributed by atoms with Gasteiger partial charge in [0.05, 0.1) is 24.5 Å². The Bertz CT molecular complexity index is 780. The number of anilines is 1. The predicted molar refractivity (Wildman–Crippen MR) is 80.5 cm³/mol. The second-order valence-corrected chi connectivity index (χ2v) is 4.42. The van der Waals surface area contributed by atoms with Crippen LogP contribution in [0.3, 0.4) is 0 Å². The van der Waals surface area contributed by atoms with Gasteiger partial charge < -0.3 is 10.1 Å². The number of pyridine rings is 2. The fourth-order valence-corrected chi connectivity index (χ4v) is 2.03. The molecule has 0 aliphatic rings. The van der Waals surface area contributed by atoms with E-state index < -0.39 is 0 Å². The van der Waals surface area contributed by atoms with E-state index in [0.29, 0.717) is 17.1 Å². The van der Waals surface area contributed by atoms with Crippen LogP contribution in [-0.4, -0.2) is 23.0 Å². The van der Waals surface area contributed by atoms with E-state index in [0.717, 1.165) is 10.9 Å². The molecular formula is C16H13N3O2. The Morgan fingerprint density at radius 1 is 1.10 bits per heavy atom. The Labute approximate surface area is 121 Å². The standard InChI is InChI=1S/C16H13N3O2/c1-21-12-7-8-14(18-10-12)16(20)19-13-6-2-4-11-5-3-9-17-15(11)13/h2-10H,1H3,(H,19,20). The maximum atomic E-state index is 12.2. The number of carbonyl (C=O) groups is 1. The molecule has 0 radical (unpaired) electrons. The lowest BCUT2D eigenvalue weighted by molar-refractivity contribution is 0.102. The van der Waals surface area contributed by atoms with Gasteiger partial charge in [-0.25, -0.2) is 4.98 Å². The number of nitrogens with one attached hydrogen (secondary N) is 1. The number of para-hydroxylation sites is 1. The number of aromatic nitrogens is 2. The third-order valence-corrected chi connectivity index (χ3v) is 3.09. The molecule has 21 heavy (non-hydrogen) atoms. The van der Waals surface area contributed by atoms with E-state index >= 15 is 0 Å². The topological polar surface area (TPSA) is 64.1 Å². The van der Waals surface area contributed by atoms with Gasteiger partial charge in [0, 0.05) is 11.6 Å². The van der Waals surface area contributed by atoms with Crippen LogP contribution in [0.15, 0.2) is 54.9 Å². The highest BCUT2D eigenvalue weighted by Gasteiger charge is 2.10. The predicted octanol–water partition coefficient (Wildman–Crippen LogP) is 2.89. The molecule has 3 rings (SSSR count). The SMILES string of the molecule is COc1ccc(C(=O)Nc2cccc3cccnc23)nc1. The van der Waals surface area contributed by atoms with Gasteiger partial charge in [-0.15, -0.1) is 0 Å². The molecule has 0 spiro atoms. The maximum absolute atomic E-state index is 12.2. The summed E-state index contributed by atoms with van der Waals surface area (Å²) in [4.78, 5) is 20.6. The fourth-order valence-electron chi connectivity index (χ4n) is 2.03. The zero-order valence-electron chi connectivity index (χ0n) is 11.4. The van der Waals surface area contributed by atoms with Gasteiger partial charge in [0.15, 0.2) is 0 Å². The Hall–Kier alpha value is -2.95. The van der Waals surface area contributed by atoms with E-state index in [9.17, 15) is 4.79 Å². The zero-order valence-corrected chi connectivity index (χ0v) is 11.4. The third kappa shape index (κ3) is 2.67. The van der Waals surface area contributed by atoms with Crippen LogP contribution in [0.2, 0.25) is 0 Å². The molecule has 3 aromatic rings. The second kappa shape index (κ2) is 5.58. The number of benzene rings is 1. The molecule has 0 aliphatic heterocycles. The van der Waals surface area contributed by atoms with Gasteiger partial charge in [-0.3, -0.25) is 9.78 Å². The highest BCUT2D eigenvalue weighted by Crippen LogP contribution is 2.21. The van der Waals surface area contributed by atoms with Crippen molar-refractivity contribution in [2.24, 2.45) is 0 Å². The number of nitrogens with zero attached hydrogens (tertiary/aromatic N) is 2. The highest BCUT2D eigenvalue weighted by atomic mass is 16.5. The summed E-state index contributed by atoms with van der Waals surface area (Å²) in [6.07, 6.45) is 3.21. The molecule has 2 aromatic heterocycles. The molecule has 0 atom stereocenters. The first-order chi connectivity index (χ1) is 10.3. The first kappa shape index (κ1) is 13.1. The van der Waals surface area contributed by atoms with Crippen LogP contribution < -0.4 is 10.1 Å². The summed E-state index contributed by atoms with van der Waals surface area (Å²) in [5.74, 6) is 0.328. The van der Waals surface area contributed by atoms with Gasteiger partial charge in [-0.1, -0.05) is 18.2 Å². The van der Waals surface area contributed by atoms with Crippen molar-refractivity contribution in [1.82, 2.24) is 9.97 Å². The van der Waals surface area contributed by atoms with E-state index in [1.807, 2.05) is 30.3 Å². The van der Waals surface area contributed by atoms with Crippen LogP contribution in [0.1, 0.15) is 10.5 Å². The average Bonchev–Trinajstić information content (AvgIpc) is 2.55. The first-order valence-electron chi connectivity index (χ1n) is 6.43. The Balaban J connectivity index is 1.89. The van der Waals surface area contributed by atoms with Crippen LogP contribution in [0.25, 0.3) is 10.9 Å². The van der Waals surface area contributed by atoms with Crippen LogP contribution in [-0.2, 0) is 0 Å². The molecule has 1 aromatic carbocycles. The second-order valence-electron chi connectivity index (χ2n) is 4.42. The van der Waals surface area contributed by atoms with Gasteiger partial charge in [-0.05, 0) is 24.3 Å². The largest absolute Gasteiger partial charge is 0.495 e. The smallest absolute Gasteiger partial charge is 0.274 e. The number of ether oxygens (including phenoxy) is 1. The number of carbonyl (C=O) groups excluding carboxylic acids is 1. The summed E-state index contributed by atoms with van der Waals surface area (Å²) in [6.45, 7) is 0. The molecule has 2 heterocycles. The van der Waals surface area contributed by atoms with E-state index in [-0.39, 0.29) is 5.91 Å². The summed E-state index contributed by atoms with van der Waals surface area (Å²) in [5.41, 5.74) is 1.74. The monoisotopic (exact) mass is 279 g/mol. The number of hydrogen-bond donors (Lipinski definition) is 1. The lowest BCUT2D eigenvalue weighted by Crippen LogP contribution is -2.14. The molecule has 0 saturated carbocycles. The van der Waals surface area contributed by atoms with Crippen LogP contribution in [0, 0.1) is 0 Å². The lowest BCUT2D eigenvalue weighted by Gasteiger charge is -2.07. The summed E-state index contributed by atoms with van der Waals surface area (Å²) < 4.78 is 5.02. The minimum atomic E-state index is -0.282. The van der Waals surface area contributed by atoms with Crippen molar-refractivity contribution in [3.05, 3.63) is 60.6 Å².